The maximum atomic E-state index is 5.59. The van der Waals surface area contributed by atoms with E-state index in [0.717, 1.165) is 22.7 Å². The van der Waals surface area contributed by atoms with Gasteiger partial charge in [0, 0.05) is 22.8 Å². The van der Waals surface area contributed by atoms with Crippen LogP contribution in [0.1, 0.15) is 43.1 Å². The SMILES string of the molecule is CC(C)(C)c1csc(CC(NN)c2ccoc2)n1. The van der Waals surface area contributed by atoms with Crippen LogP contribution in [0.5, 0.6) is 0 Å². The lowest BCUT2D eigenvalue weighted by Gasteiger charge is -2.15. The quantitative estimate of drug-likeness (QED) is 0.659. The van der Waals surface area contributed by atoms with Gasteiger partial charge in [0.15, 0.2) is 0 Å². The molecule has 5 heteroatoms. The first-order chi connectivity index (χ1) is 8.50. The number of furan rings is 1. The third kappa shape index (κ3) is 2.98. The minimum Gasteiger partial charge on any atom is -0.472 e. The van der Waals surface area contributed by atoms with Crippen LogP contribution in [-0.4, -0.2) is 4.98 Å². The number of hydrogen-bond acceptors (Lipinski definition) is 5. The highest BCUT2D eigenvalue weighted by molar-refractivity contribution is 7.09. The van der Waals surface area contributed by atoms with Crippen molar-refractivity contribution in [1.82, 2.24) is 10.4 Å². The monoisotopic (exact) mass is 265 g/mol. The number of nitrogens with two attached hydrogens (primary N) is 1. The summed E-state index contributed by atoms with van der Waals surface area (Å²) in [4.78, 5) is 4.67. The standard InChI is InChI=1S/C13H19N3OS/c1-13(2,3)11-8-18-12(15-11)6-10(16-14)9-4-5-17-7-9/h4-5,7-8,10,16H,6,14H2,1-3H3. The number of nitrogens with one attached hydrogen (secondary N) is 1. The van der Waals surface area contributed by atoms with Gasteiger partial charge < -0.3 is 4.42 Å². The van der Waals surface area contributed by atoms with Crippen molar-refractivity contribution in [2.45, 2.75) is 38.6 Å². The van der Waals surface area contributed by atoms with Crippen molar-refractivity contribution in [3.05, 3.63) is 40.2 Å². The fourth-order valence-electron chi connectivity index (χ4n) is 1.67. The van der Waals surface area contributed by atoms with E-state index in [4.69, 9.17) is 10.3 Å². The molecule has 2 heterocycles. The van der Waals surface area contributed by atoms with Crippen molar-refractivity contribution in [3.8, 4) is 0 Å². The Balaban J connectivity index is 2.11. The van der Waals surface area contributed by atoms with Crippen LogP contribution in [0, 0.1) is 0 Å². The van der Waals surface area contributed by atoms with Gasteiger partial charge in [-0.3, -0.25) is 11.3 Å². The number of thiazole rings is 1. The molecule has 18 heavy (non-hydrogen) atoms. The van der Waals surface area contributed by atoms with E-state index in [0.29, 0.717) is 0 Å². The summed E-state index contributed by atoms with van der Waals surface area (Å²) in [5.41, 5.74) is 5.08. The summed E-state index contributed by atoms with van der Waals surface area (Å²) in [6.07, 6.45) is 4.14. The molecule has 3 N–H and O–H groups in total. The zero-order valence-electron chi connectivity index (χ0n) is 10.9. The Morgan fingerprint density at radius 2 is 2.28 bits per heavy atom. The first kappa shape index (κ1) is 13.3. The van der Waals surface area contributed by atoms with E-state index in [1.165, 1.54) is 0 Å². The van der Waals surface area contributed by atoms with Crippen molar-refractivity contribution in [1.29, 1.82) is 0 Å². The molecule has 0 aliphatic heterocycles. The van der Waals surface area contributed by atoms with Crippen LogP contribution >= 0.6 is 11.3 Å². The van der Waals surface area contributed by atoms with Gasteiger partial charge in [-0.15, -0.1) is 11.3 Å². The molecule has 2 aromatic heterocycles. The van der Waals surface area contributed by atoms with E-state index >= 15 is 0 Å². The molecule has 1 unspecified atom stereocenters. The Hall–Kier alpha value is -1.17. The zero-order valence-corrected chi connectivity index (χ0v) is 11.8. The predicted octanol–water partition coefficient (Wildman–Crippen LogP) is 2.78. The van der Waals surface area contributed by atoms with Crippen LogP contribution in [0.4, 0.5) is 0 Å². The Labute approximate surface area is 111 Å². The molecule has 98 valence electrons. The van der Waals surface area contributed by atoms with Crippen LogP contribution in [0.3, 0.4) is 0 Å². The molecule has 1 atom stereocenters. The molecule has 0 saturated heterocycles. The third-order valence-corrected chi connectivity index (χ3v) is 3.72. The maximum Gasteiger partial charge on any atom is 0.0951 e. The summed E-state index contributed by atoms with van der Waals surface area (Å²) in [6, 6.07) is 1.96. The summed E-state index contributed by atoms with van der Waals surface area (Å²) in [5.74, 6) is 5.59. The molecule has 0 spiro atoms. The van der Waals surface area contributed by atoms with E-state index in [1.807, 2.05) is 6.07 Å². The van der Waals surface area contributed by atoms with Gasteiger partial charge in [0.25, 0.3) is 0 Å². The summed E-state index contributed by atoms with van der Waals surface area (Å²) < 4.78 is 5.08. The van der Waals surface area contributed by atoms with Gasteiger partial charge in [0.05, 0.1) is 29.3 Å². The van der Waals surface area contributed by atoms with Gasteiger partial charge in [-0.05, 0) is 6.07 Å². The lowest BCUT2D eigenvalue weighted by Crippen LogP contribution is -2.29. The second kappa shape index (κ2) is 5.22. The molecule has 0 fully saturated rings. The molecule has 0 aliphatic rings. The molecular formula is C13H19N3OS. The lowest BCUT2D eigenvalue weighted by atomic mass is 9.93. The molecule has 2 rings (SSSR count). The van der Waals surface area contributed by atoms with Crippen LogP contribution in [0.15, 0.2) is 28.4 Å². The Morgan fingerprint density at radius 1 is 1.50 bits per heavy atom. The van der Waals surface area contributed by atoms with Crippen molar-refractivity contribution < 1.29 is 4.42 Å². The molecule has 0 aromatic carbocycles. The maximum absolute atomic E-state index is 5.59. The molecule has 0 saturated carbocycles. The highest BCUT2D eigenvalue weighted by Gasteiger charge is 2.19. The minimum atomic E-state index is 0.0442. The van der Waals surface area contributed by atoms with Crippen molar-refractivity contribution in [3.63, 3.8) is 0 Å². The average molecular weight is 265 g/mol. The van der Waals surface area contributed by atoms with Crippen molar-refractivity contribution >= 4 is 11.3 Å². The fourth-order valence-corrected chi connectivity index (χ4v) is 2.74. The largest absolute Gasteiger partial charge is 0.472 e. The highest BCUT2D eigenvalue weighted by atomic mass is 32.1. The number of hydrazine groups is 1. The number of hydrogen-bond donors (Lipinski definition) is 2. The van der Waals surface area contributed by atoms with Gasteiger partial charge in [0.1, 0.15) is 0 Å². The predicted molar refractivity (Wildman–Crippen MR) is 73.3 cm³/mol. The van der Waals surface area contributed by atoms with E-state index in [9.17, 15) is 0 Å². The third-order valence-electron chi connectivity index (χ3n) is 2.85. The van der Waals surface area contributed by atoms with Gasteiger partial charge in [-0.25, -0.2) is 4.98 Å². The first-order valence-corrected chi connectivity index (χ1v) is 6.82. The molecule has 4 nitrogen and oxygen atoms in total. The van der Waals surface area contributed by atoms with Gasteiger partial charge in [-0.2, -0.15) is 0 Å². The normalized spacial score (nSPS) is 13.8. The Kier molecular flexibility index (Phi) is 3.85. The average Bonchev–Trinajstić information content (AvgIpc) is 2.95. The minimum absolute atomic E-state index is 0.0442. The van der Waals surface area contributed by atoms with Crippen LogP contribution in [0.25, 0.3) is 0 Å². The number of rotatable bonds is 4. The topological polar surface area (TPSA) is 64.1 Å². The molecule has 0 bridgehead atoms. The van der Waals surface area contributed by atoms with E-state index in [-0.39, 0.29) is 11.5 Å². The van der Waals surface area contributed by atoms with Gasteiger partial charge >= 0.3 is 0 Å². The molecule has 0 radical (unpaired) electrons. The van der Waals surface area contributed by atoms with Crippen LogP contribution in [-0.2, 0) is 11.8 Å². The molecule has 0 aliphatic carbocycles. The first-order valence-electron chi connectivity index (χ1n) is 5.94. The summed E-state index contributed by atoms with van der Waals surface area (Å²) >= 11 is 1.68. The van der Waals surface area contributed by atoms with Crippen LogP contribution in [0.2, 0.25) is 0 Å². The summed E-state index contributed by atoms with van der Waals surface area (Å²) in [7, 11) is 0. The Morgan fingerprint density at radius 3 is 2.78 bits per heavy atom. The van der Waals surface area contributed by atoms with Gasteiger partial charge in [-0.1, -0.05) is 20.8 Å². The molecular weight excluding hydrogens is 246 g/mol. The lowest BCUT2D eigenvalue weighted by molar-refractivity contribution is 0.521. The molecule has 0 amide bonds. The van der Waals surface area contributed by atoms with Crippen molar-refractivity contribution in [2.24, 2.45) is 5.84 Å². The van der Waals surface area contributed by atoms with Gasteiger partial charge in [0.2, 0.25) is 0 Å². The van der Waals surface area contributed by atoms with Crippen molar-refractivity contribution in [2.75, 3.05) is 0 Å². The molecule has 2 aromatic rings. The fraction of sp³-hybridized carbons (Fsp3) is 0.462. The Bertz CT molecular complexity index is 485. The number of aromatic nitrogens is 1. The smallest absolute Gasteiger partial charge is 0.0951 e. The summed E-state index contributed by atoms with van der Waals surface area (Å²) in [6.45, 7) is 6.50. The second-order valence-corrected chi connectivity index (χ2v) is 6.30. The highest BCUT2D eigenvalue weighted by Crippen LogP contribution is 2.26. The van der Waals surface area contributed by atoms with Crippen LogP contribution < -0.4 is 11.3 Å². The summed E-state index contributed by atoms with van der Waals surface area (Å²) in [5, 5.41) is 3.21. The van der Waals surface area contributed by atoms with E-state index in [2.05, 4.69) is 36.6 Å². The van der Waals surface area contributed by atoms with E-state index < -0.39 is 0 Å². The zero-order chi connectivity index (χ0) is 13.2. The second-order valence-electron chi connectivity index (χ2n) is 5.36. The van der Waals surface area contributed by atoms with E-state index in [1.54, 1.807) is 23.9 Å². The number of nitrogens with zero attached hydrogens (tertiary/aromatic N) is 1.